The van der Waals surface area contributed by atoms with Gasteiger partial charge in [-0.2, -0.15) is 0 Å². The Morgan fingerprint density at radius 2 is 1.76 bits per heavy atom. The molecule has 0 unspecified atom stereocenters. The Morgan fingerprint density at radius 1 is 1.07 bits per heavy atom. The van der Waals surface area contributed by atoms with E-state index < -0.39 is 18.0 Å². The third-order valence-electron chi connectivity index (χ3n) is 6.28. The zero-order valence-electron chi connectivity index (χ0n) is 22.4. The van der Waals surface area contributed by atoms with E-state index in [0.29, 0.717) is 36.4 Å². The summed E-state index contributed by atoms with van der Waals surface area (Å²) in [6, 6.07) is 21.4. The molecule has 2 heterocycles. The highest BCUT2D eigenvalue weighted by molar-refractivity contribution is 9.10. The number of halogens is 1. The van der Waals surface area contributed by atoms with Crippen molar-refractivity contribution >= 4 is 51.0 Å². The first-order chi connectivity index (χ1) is 19.8. The molecule has 10 heteroatoms. The Kier molecular flexibility index (Phi) is 8.32. The van der Waals surface area contributed by atoms with Crippen molar-refractivity contribution in [3.05, 3.63) is 119 Å². The van der Waals surface area contributed by atoms with Crippen molar-refractivity contribution in [1.82, 2.24) is 4.57 Å². The van der Waals surface area contributed by atoms with E-state index in [1.165, 1.54) is 25.4 Å². The van der Waals surface area contributed by atoms with E-state index in [1.807, 2.05) is 60.7 Å². The van der Waals surface area contributed by atoms with Crippen LogP contribution in [0.5, 0.6) is 11.5 Å². The lowest BCUT2D eigenvalue weighted by Crippen LogP contribution is -2.39. The largest absolute Gasteiger partial charge is 0.493 e. The molecule has 0 bridgehead atoms. The lowest BCUT2D eigenvalue weighted by atomic mass is 9.93. The second kappa shape index (κ2) is 12.1. The summed E-state index contributed by atoms with van der Waals surface area (Å²) in [7, 11) is 1.47. The predicted molar refractivity (Wildman–Crippen MR) is 160 cm³/mol. The quantitative estimate of drug-likeness (QED) is 0.218. The summed E-state index contributed by atoms with van der Waals surface area (Å²) in [6.07, 6.45) is 1.72. The van der Waals surface area contributed by atoms with Gasteiger partial charge in [-0.1, -0.05) is 72.0 Å². The minimum Gasteiger partial charge on any atom is -0.493 e. The second-order valence-corrected chi connectivity index (χ2v) is 10.8. The maximum absolute atomic E-state index is 14.0. The van der Waals surface area contributed by atoms with Gasteiger partial charge in [-0.3, -0.25) is 14.2 Å². The molecule has 1 aliphatic heterocycles. The van der Waals surface area contributed by atoms with Crippen LogP contribution >= 0.6 is 27.3 Å². The number of fused-ring (bicyclic) bond motifs is 1. The van der Waals surface area contributed by atoms with Gasteiger partial charge in [0.05, 0.1) is 40.0 Å². The minimum atomic E-state index is -0.753. The van der Waals surface area contributed by atoms with Crippen LogP contribution < -0.4 is 24.4 Å². The highest BCUT2D eigenvalue weighted by Gasteiger charge is 2.35. The monoisotopic (exact) mass is 632 g/mol. The van der Waals surface area contributed by atoms with Crippen molar-refractivity contribution in [1.29, 1.82) is 0 Å². The molecule has 3 aromatic carbocycles. The molecule has 0 fully saturated rings. The second-order valence-electron chi connectivity index (χ2n) is 8.97. The fourth-order valence-corrected chi connectivity index (χ4v) is 6.15. The number of rotatable bonds is 7. The van der Waals surface area contributed by atoms with Crippen molar-refractivity contribution in [2.45, 2.75) is 19.9 Å². The third kappa shape index (κ3) is 5.66. The molecular formula is C31H25BrN2O6S. The summed E-state index contributed by atoms with van der Waals surface area (Å²) in [5.74, 6) is -0.452. The average Bonchev–Trinajstić information content (AvgIpc) is 3.28. The van der Waals surface area contributed by atoms with Crippen molar-refractivity contribution < 1.29 is 23.8 Å². The Bertz CT molecular complexity index is 1850. The van der Waals surface area contributed by atoms with Crippen LogP contribution in [0.2, 0.25) is 0 Å². The number of carbonyl (C=O) groups excluding carboxylic acids is 2. The Labute approximate surface area is 248 Å². The number of hydrogen-bond donors (Lipinski definition) is 0. The van der Waals surface area contributed by atoms with E-state index in [0.717, 1.165) is 11.1 Å². The molecule has 1 aliphatic rings. The normalized spacial score (nSPS) is 14.7. The molecule has 4 aromatic rings. The van der Waals surface area contributed by atoms with Gasteiger partial charge in [-0.15, -0.1) is 0 Å². The Morgan fingerprint density at radius 3 is 2.39 bits per heavy atom. The zero-order valence-corrected chi connectivity index (χ0v) is 24.8. The summed E-state index contributed by atoms with van der Waals surface area (Å²) in [5, 5.41) is 0. The van der Waals surface area contributed by atoms with Gasteiger partial charge in [0.2, 0.25) is 0 Å². The molecule has 1 aromatic heterocycles. The molecule has 0 aliphatic carbocycles. The van der Waals surface area contributed by atoms with Gasteiger partial charge in [0, 0.05) is 12.5 Å². The van der Waals surface area contributed by atoms with Gasteiger partial charge < -0.3 is 14.2 Å². The lowest BCUT2D eigenvalue weighted by Gasteiger charge is -2.25. The number of benzene rings is 3. The van der Waals surface area contributed by atoms with Crippen LogP contribution in [0.4, 0.5) is 0 Å². The van der Waals surface area contributed by atoms with Crippen LogP contribution in [-0.2, 0) is 14.3 Å². The summed E-state index contributed by atoms with van der Waals surface area (Å²) in [5.41, 5.74) is 2.57. The predicted octanol–water partition coefficient (Wildman–Crippen LogP) is 4.63. The molecule has 0 saturated heterocycles. The van der Waals surface area contributed by atoms with E-state index in [2.05, 4.69) is 15.9 Å². The van der Waals surface area contributed by atoms with E-state index in [4.69, 9.17) is 19.2 Å². The number of aromatic nitrogens is 1. The summed E-state index contributed by atoms with van der Waals surface area (Å²) in [4.78, 5) is 44.4. The van der Waals surface area contributed by atoms with E-state index in [9.17, 15) is 14.4 Å². The Hall–Kier alpha value is -4.28. The van der Waals surface area contributed by atoms with Gasteiger partial charge in [0.25, 0.3) is 5.56 Å². The zero-order chi connectivity index (χ0) is 29.1. The number of nitrogens with zero attached hydrogens (tertiary/aromatic N) is 2. The van der Waals surface area contributed by atoms with Gasteiger partial charge >= 0.3 is 11.9 Å². The number of carbonyl (C=O) groups is 2. The smallest absolute Gasteiger partial charge is 0.338 e. The highest BCUT2D eigenvalue weighted by atomic mass is 79.9. The van der Waals surface area contributed by atoms with Crippen molar-refractivity contribution in [3.8, 4) is 11.5 Å². The van der Waals surface area contributed by atoms with Crippen LogP contribution in [0, 0.1) is 0 Å². The maximum Gasteiger partial charge on any atom is 0.338 e. The molecule has 208 valence electrons. The fourth-order valence-electron chi connectivity index (χ4n) is 4.61. The third-order valence-corrected chi connectivity index (χ3v) is 7.86. The molecular weight excluding hydrogens is 608 g/mol. The first-order valence-electron chi connectivity index (χ1n) is 12.7. The van der Waals surface area contributed by atoms with Gasteiger partial charge in [-0.05, 0) is 52.2 Å². The summed E-state index contributed by atoms with van der Waals surface area (Å²) < 4.78 is 18.6. The number of thiazole rings is 1. The number of methoxy groups -OCH3 is 1. The van der Waals surface area contributed by atoms with Gasteiger partial charge in [-0.25, -0.2) is 9.79 Å². The first-order valence-corrected chi connectivity index (χ1v) is 14.3. The van der Waals surface area contributed by atoms with Crippen LogP contribution in [0.3, 0.4) is 0 Å². The van der Waals surface area contributed by atoms with Crippen LogP contribution in [0.15, 0.2) is 92.6 Å². The van der Waals surface area contributed by atoms with Crippen molar-refractivity contribution in [2.24, 2.45) is 4.99 Å². The van der Waals surface area contributed by atoms with E-state index in [-0.39, 0.29) is 17.9 Å². The lowest BCUT2D eigenvalue weighted by molar-refractivity contribution is -0.139. The topological polar surface area (TPSA) is 96.2 Å². The highest BCUT2D eigenvalue weighted by Crippen LogP contribution is 2.37. The number of ether oxygens (including phenoxy) is 3. The van der Waals surface area contributed by atoms with E-state index >= 15 is 0 Å². The van der Waals surface area contributed by atoms with Gasteiger partial charge in [0.1, 0.15) is 0 Å². The molecule has 0 radical (unpaired) electrons. The van der Waals surface area contributed by atoms with Gasteiger partial charge in [0.15, 0.2) is 16.3 Å². The van der Waals surface area contributed by atoms with Crippen LogP contribution in [0.1, 0.15) is 36.6 Å². The number of hydrogen-bond acceptors (Lipinski definition) is 8. The first kappa shape index (κ1) is 28.3. The standard InChI is InChI=1S/C31H25BrN2O6S/c1-4-39-30(37)25-26(20-11-7-5-8-12-20)33-31-34(27(25)21-13-9-6-10-14-21)29(36)24(41-31)17-19-15-22(32)28(40-18(2)35)23(16-19)38-3/h5-17,27H,4H2,1-3H3/b24-17-/t27-/m1/s1. The summed E-state index contributed by atoms with van der Waals surface area (Å²) >= 11 is 4.65. The van der Waals surface area contributed by atoms with Crippen LogP contribution in [0.25, 0.3) is 11.8 Å². The fraction of sp³-hybridized carbons (Fsp3) is 0.161. The molecule has 41 heavy (non-hydrogen) atoms. The number of esters is 2. The van der Waals surface area contributed by atoms with Crippen molar-refractivity contribution in [2.75, 3.05) is 13.7 Å². The minimum absolute atomic E-state index is 0.177. The molecule has 5 rings (SSSR count). The maximum atomic E-state index is 14.0. The SMILES string of the molecule is CCOC(=O)C1=C(c2ccccc2)N=c2s/c(=C\c3cc(Br)c(OC(C)=O)c(OC)c3)c(=O)n2[C@@H]1c1ccccc1. The molecule has 0 saturated carbocycles. The average molecular weight is 634 g/mol. The molecule has 1 atom stereocenters. The molecule has 8 nitrogen and oxygen atoms in total. The van der Waals surface area contributed by atoms with Crippen molar-refractivity contribution in [3.63, 3.8) is 0 Å². The molecule has 0 spiro atoms. The van der Waals surface area contributed by atoms with Crippen LogP contribution in [-0.4, -0.2) is 30.2 Å². The molecule has 0 N–H and O–H groups in total. The summed E-state index contributed by atoms with van der Waals surface area (Å²) in [6.45, 7) is 3.22. The van der Waals surface area contributed by atoms with E-state index in [1.54, 1.807) is 29.7 Å². The molecule has 0 amide bonds. The Balaban J connectivity index is 1.77.